The Kier molecular flexibility index (Phi) is 3.41. The standard InChI is InChI=1S/C11H16ClN3/c1-15-8-11(13-14-15)7-9-4-2-3-5-10(12)6-9/h6,8,10H,2-5,7H2,1H3. The van der Waals surface area contributed by atoms with Crippen molar-refractivity contribution in [2.75, 3.05) is 0 Å². The monoisotopic (exact) mass is 225 g/mol. The summed E-state index contributed by atoms with van der Waals surface area (Å²) >= 11 is 6.17. The van der Waals surface area contributed by atoms with Crippen molar-refractivity contribution in [2.45, 2.75) is 37.5 Å². The second kappa shape index (κ2) is 4.79. The molecule has 4 heteroatoms. The second-order valence-electron chi connectivity index (χ2n) is 4.15. The van der Waals surface area contributed by atoms with E-state index in [4.69, 9.17) is 11.6 Å². The second-order valence-corrected chi connectivity index (χ2v) is 4.71. The number of rotatable bonds is 2. The zero-order valence-electron chi connectivity index (χ0n) is 8.99. The molecule has 1 unspecified atom stereocenters. The number of halogens is 1. The lowest BCUT2D eigenvalue weighted by Gasteiger charge is -2.02. The first-order valence-corrected chi connectivity index (χ1v) is 5.86. The van der Waals surface area contributed by atoms with Gasteiger partial charge in [-0.2, -0.15) is 0 Å². The van der Waals surface area contributed by atoms with Crippen molar-refractivity contribution in [3.63, 3.8) is 0 Å². The normalized spacial score (nSPS) is 22.3. The van der Waals surface area contributed by atoms with E-state index in [1.54, 1.807) is 4.68 Å². The fourth-order valence-electron chi connectivity index (χ4n) is 1.97. The summed E-state index contributed by atoms with van der Waals surface area (Å²) in [5.74, 6) is 0. The van der Waals surface area contributed by atoms with E-state index in [0.29, 0.717) is 0 Å². The van der Waals surface area contributed by atoms with Gasteiger partial charge in [0.05, 0.1) is 11.1 Å². The molecule has 0 aromatic carbocycles. The van der Waals surface area contributed by atoms with Gasteiger partial charge >= 0.3 is 0 Å². The van der Waals surface area contributed by atoms with Crippen molar-refractivity contribution in [2.24, 2.45) is 7.05 Å². The van der Waals surface area contributed by atoms with Gasteiger partial charge in [-0.3, -0.25) is 4.68 Å². The third-order valence-electron chi connectivity index (χ3n) is 2.70. The number of nitrogens with zero attached hydrogens (tertiary/aromatic N) is 3. The number of alkyl halides is 1. The SMILES string of the molecule is Cn1cc(CC2=CC(Cl)CCCC2)nn1. The van der Waals surface area contributed by atoms with E-state index >= 15 is 0 Å². The predicted octanol–water partition coefficient (Wildman–Crippen LogP) is 2.47. The molecule has 1 aromatic rings. The van der Waals surface area contributed by atoms with Gasteiger partial charge in [-0.1, -0.05) is 23.3 Å². The van der Waals surface area contributed by atoms with E-state index in [1.165, 1.54) is 18.4 Å². The number of hydrogen-bond acceptors (Lipinski definition) is 2. The highest BCUT2D eigenvalue weighted by Crippen LogP contribution is 2.23. The zero-order chi connectivity index (χ0) is 10.7. The van der Waals surface area contributed by atoms with Crippen LogP contribution in [0.15, 0.2) is 17.8 Å². The van der Waals surface area contributed by atoms with Crippen LogP contribution in [0.5, 0.6) is 0 Å². The average molecular weight is 226 g/mol. The molecule has 1 aliphatic carbocycles. The quantitative estimate of drug-likeness (QED) is 0.572. The van der Waals surface area contributed by atoms with Gasteiger partial charge < -0.3 is 0 Å². The first-order chi connectivity index (χ1) is 7.24. The van der Waals surface area contributed by atoms with Gasteiger partial charge in [-0.15, -0.1) is 16.7 Å². The predicted molar refractivity (Wildman–Crippen MR) is 60.9 cm³/mol. The van der Waals surface area contributed by atoms with Crippen LogP contribution in [-0.2, 0) is 13.5 Å². The summed E-state index contributed by atoms with van der Waals surface area (Å²) in [6.45, 7) is 0. The molecular weight excluding hydrogens is 210 g/mol. The maximum atomic E-state index is 6.17. The topological polar surface area (TPSA) is 30.7 Å². The molecule has 1 atom stereocenters. The van der Waals surface area contributed by atoms with Crippen LogP contribution in [0.1, 0.15) is 31.4 Å². The molecule has 0 saturated carbocycles. The molecule has 82 valence electrons. The van der Waals surface area contributed by atoms with E-state index in [2.05, 4.69) is 16.4 Å². The summed E-state index contributed by atoms with van der Waals surface area (Å²) < 4.78 is 1.74. The molecule has 1 aromatic heterocycles. The van der Waals surface area contributed by atoms with Crippen LogP contribution >= 0.6 is 11.6 Å². The van der Waals surface area contributed by atoms with Gasteiger partial charge in [-0.05, 0) is 19.3 Å². The van der Waals surface area contributed by atoms with Crippen LogP contribution in [0.4, 0.5) is 0 Å². The third kappa shape index (κ3) is 3.06. The van der Waals surface area contributed by atoms with Crippen molar-refractivity contribution in [1.29, 1.82) is 0 Å². The van der Waals surface area contributed by atoms with Gasteiger partial charge in [0.25, 0.3) is 0 Å². The minimum Gasteiger partial charge on any atom is -0.255 e. The highest BCUT2D eigenvalue weighted by atomic mass is 35.5. The number of allylic oxidation sites excluding steroid dienone is 2. The maximum Gasteiger partial charge on any atom is 0.0867 e. The maximum absolute atomic E-state index is 6.17. The first-order valence-electron chi connectivity index (χ1n) is 5.43. The van der Waals surface area contributed by atoms with Crippen molar-refractivity contribution in [3.8, 4) is 0 Å². The van der Waals surface area contributed by atoms with E-state index < -0.39 is 0 Å². The molecule has 0 radical (unpaired) electrons. The van der Waals surface area contributed by atoms with Crippen LogP contribution in [0, 0.1) is 0 Å². The molecule has 3 nitrogen and oxygen atoms in total. The Hall–Kier alpha value is -0.830. The first kappa shape index (κ1) is 10.7. The Morgan fingerprint density at radius 2 is 2.40 bits per heavy atom. The molecule has 1 heterocycles. The minimum atomic E-state index is 0.208. The lowest BCUT2D eigenvalue weighted by atomic mass is 10.1. The molecule has 0 spiro atoms. The Balaban J connectivity index is 2.04. The van der Waals surface area contributed by atoms with Crippen molar-refractivity contribution in [1.82, 2.24) is 15.0 Å². The van der Waals surface area contributed by atoms with Crippen molar-refractivity contribution < 1.29 is 0 Å². The van der Waals surface area contributed by atoms with E-state index in [0.717, 1.165) is 25.0 Å². The highest BCUT2D eigenvalue weighted by Gasteiger charge is 2.11. The van der Waals surface area contributed by atoms with E-state index in [9.17, 15) is 0 Å². The van der Waals surface area contributed by atoms with Gasteiger partial charge in [-0.25, -0.2) is 0 Å². The summed E-state index contributed by atoms with van der Waals surface area (Å²) in [6.07, 6.45) is 9.80. The highest BCUT2D eigenvalue weighted by molar-refractivity contribution is 6.21. The smallest absolute Gasteiger partial charge is 0.0867 e. The molecule has 0 bridgehead atoms. The summed E-state index contributed by atoms with van der Waals surface area (Å²) in [6, 6.07) is 0. The minimum absolute atomic E-state index is 0.208. The van der Waals surface area contributed by atoms with Crippen molar-refractivity contribution >= 4 is 11.6 Å². The molecule has 2 rings (SSSR count). The van der Waals surface area contributed by atoms with Crippen LogP contribution in [0.3, 0.4) is 0 Å². The number of aryl methyl sites for hydroxylation is 1. The molecule has 0 N–H and O–H groups in total. The molecule has 0 fully saturated rings. The Labute approximate surface area is 95.1 Å². The summed E-state index contributed by atoms with van der Waals surface area (Å²) in [7, 11) is 1.89. The lowest BCUT2D eigenvalue weighted by molar-refractivity contribution is 0.706. The third-order valence-corrected chi connectivity index (χ3v) is 3.05. The van der Waals surface area contributed by atoms with Crippen LogP contribution < -0.4 is 0 Å². The Bertz CT molecular complexity index is 356. The fraction of sp³-hybridized carbons (Fsp3) is 0.636. The lowest BCUT2D eigenvalue weighted by Crippen LogP contribution is -1.94. The molecule has 1 aliphatic rings. The molecule has 0 amide bonds. The van der Waals surface area contributed by atoms with Crippen molar-refractivity contribution in [3.05, 3.63) is 23.5 Å². The van der Waals surface area contributed by atoms with Gasteiger partial charge in [0.2, 0.25) is 0 Å². The number of hydrogen-bond donors (Lipinski definition) is 0. The summed E-state index contributed by atoms with van der Waals surface area (Å²) in [5, 5.41) is 8.23. The van der Waals surface area contributed by atoms with Gasteiger partial charge in [0.15, 0.2) is 0 Å². The Morgan fingerprint density at radius 1 is 1.53 bits per heavy atom. The molecule has 15 heavy (non-hydrogen) atoms. The van der Waals surface area contributed by atoms with Gasteiger partial charge in [0, 0.05) is 19.7 Å². The molecule has 0 aliphatic heterocycles. The van der Waals surface area contributed by atoms with E-state index in [1.807, 2.05) is 13.2 Å². The summed E-state index contributed by atoms with van der Waals surface area (Å²) in [4.78, 5) is 0. The largest absolute Gasteiger partial charge is 0.255 e. The van der Waals surface area contributed by atoms with Gasteiger partial charge in [0.1, 0.15) is 0 Å². The molecular formula is C11H16ClN3. The Morgan fingerprint density at radius 3 is 3.13 bits per heavy atom. The number of aromatic nitrogens is 3. The van der Waals surface area contributed by atoms with E-state index in [-0.39, 0.29) is 5.38 Å². The van der Waals surface area contributed by atoms with Crippen LogP contribution in [0.2, 0.25) is 0 Å². The average Bonchev–Trinajstić information content (AvgIpc) is 2.46. The zero-order valence-corrected chi connectivity index (χ0v) is 9.74. The van der Waals surface area contributed by atoms with Crippen LogP contribution in [-0.4, -0.2) is 20.4 Å². The van der Waals surface area contributed by atoms with Crippen LogP contribution in [0.25, 0.3) is 0 Å². The fourth-order valence-corrected chi connectivity index (χ4v) is 2.30. The molecule has 0 saturated heterocycles. The summed E-state index contributed by atoms with van der Waals surface area (Å²) in [5.41, 5.74) is 2.45.